The number of nitrogens with zero attached hydrogens (tertiary/aromatic N) is 2. The van der Waals surface area contributed by atoms with Crippen molar-refractivity contribution in [2.75, 3.05) is 13.7 Å². The molecule has 0 bridgehead atoms. The van der Waals surface area contributed by atoms with Gasteiger partial charge in [0.1, 0.15) is 29.5 Å². The van der Waals surface area contributed by atoms with Crippen LogP contribution in [0.5, 0.6) is 11.6 Å². The van der Waals surface area contributed by atoms with Crippen LogP contribution in [0.3, 0.4) is 0 Å². The molecule has 1 saturated heterocycles. The highest BCUT2D eigenvalue weighted by atomic mass is 32.2. The molecule has 3 amide bonds. The highest BCUT2D eigenvalue weighted by Crippen LogP contribution is 2.50. The van der Waals surface area contributed by atoms with E-state index in [0.29, 0.717) is 36.8 Å². The summed E-state index contributed by atoms with van der Waals surface area (Å²) in [4.78, 5) is 48.0. The number of alkyl carbamates (subject to hydrolysis) is 1. The van der Waals surface area contributed by atoms with Crippen molar-refractivity contribution in [3.8, 4) is 11.6 Å². The number of halogens is 2. The summed E-state index contributed by atoms with van der Waals surface area (Å²) in [6.07, 6.45) is 0.727. The van der Waals surface area contributed by atoms with Gasteiger partial charge in [0.2, 0.25) is 23.6 Å². The van der Waals surface area contributed by atoms with Crippen LogP contribution in [0.25, 0.3) is 10.8 Å². The number of hydrogen-bond donors (Lipinski definition) is 3. The van der Waals surface area contributed by atoms with Gasteiger partial charge in [-0.25, -0.2) is 18.6 Å². The zero-order valence-electron chi connectivity index (χ0n) is 31.9. The molecule has 1 aromatic carbocycles. The second-order valence-corrected chi connectivity index (χ2v) is 17.4. The molecule has 4 aliphatic rings. The van der Waals surface area contributed by atoms with Gasteiger partial charge in [0.15, 0.2) is 0 Å². The molecule has 14 nitrogen and oxygen atoms in total. The van der Waals surface area contributed by atoms with Gasteiger partial charge in [0.05, 0.1) is 25.3 Å². The number of carbonyl (C=O) groups is 3. The topological polar surface area (TPSA) is 174 Å². The zero-order chi connectivity index (χ0) is 39.9. The molecule has 2 aromatic rings. The van der Waals surface area contributed by atoms with Crippen molar-refractivity contribution in [2.45, 2.75) is 127 Å². The predicted octanol–water partition coefficient (Wildman–Crippen LogP) is 5.12. The second kappa shape index (κ2) is 15.4. The lowest BCUT2D eigenvalue weighted by Crippen LogP contribution is -2.58. The molecule has 3 saturated carbocycles. The van der Waals surface area contributed by atoms with Crippen molar-refractivity contribution < 1.29 is 50.0 Å². The molecule has 1 aliphatic heterocycles. The van der Waals surface area contributed by atoms with Crippen molar-refractivity contribution >= 4 is 39.0 Å². The van der Waals surface area contributed by atoms with Gasteiger partial charge in [0.25, 0.3) is 0 Å². The fourth-order valence-electron chi connectivity index (χ4n) is 7.61. The molecule has 0 unspecified atom stereocenters. The Balaban J connectivity index is 1.29. The van der Waals surface area contributed by atoms with Crippen LogP contribution in [0.4, 0.5) is 13.6 Å². The lowest BCUT2D eigenvalue weighted by Gasteiger charge is -2.37. The number of alkyl halides is 2. The van der Waals surface area contributed by atoms with Crippen LogP contribution in [-0.2, 0) is 28.8 Å². The van der Waals surface area contributed by atoms with Gasteiger partial charge in [-0.15, -0.1) is 0 Å². The fraction of sp³-hybridized carbons (Fsp3) is 0.632. The minimum Gasteiger partial charge on any atom is -0.497 e. The molecule has 55 heavy (non-hydrogen) atoms. The van der Waals surface area contributed by atoms with Crippen LogP contribution in [0.15, 0.2) is 42.7 Å². The fourth-order valence-corrected chi connectivity index (χ4v) is 8.69. The van der Waals surface area contributed by atoms with E-state index in [9.17, 15) is 31.6 Å². The van der Waals surface area contributed by atoms with Gasteiger partial charge in [-0.3, -0.25) is 18.5 Å². The average Bonchev–Trinajstić information content (AvgIpc) is 4.02. The first-order chi connectivity index (χ1) is 25.8. The normalized spacial score (nSPS) is 25.8. The number of pyridine rings is 1. The zero-order valence-corrected chi connectivity index (χ0v) is 32.7. The van der Waals surface area contributed by atoms with Gasteiger partial charge < -0.3 is 29.7 Å². The van der Waals surface area contributed by atoms with E-state index in [2.05, 4.69) is 26.9 Å². The Morgan fingerprint density at radius 2 is 1.80 bits per heavy atom. The molecule has 5 atom stereocenters. The summed E-state index contributed by atoms with van der Waals surface area (Å²) < 4.78 is 78.9. The third-order valence-corrected chi connectivity index (χ3v) is 11.8. The number of fused-ring (bicyclic) bond motifs is 1. The summed E-state index contributed by atoms with van der Waals surface area (Å²) in [6.45, 7) is 10.8. The van der Waals surface area contributed by atoms with Crippen molar-refractivity contribution in [1.29, 1.82) is 0 Å². The Labute approximate surface area is 320 Å². The minimum absolute atomic E-state index is 0.00353. The third kappa shape index (κ3) is 9.59. The molecule has 2 heterocycles. The molecular formula is C38H51F2N5O9S. The van der Waals surface area contributed by atoms with Crippen LogP contribution >= 0.6 is 0 Å². The highest BCUT2D eigenvalue weighted by Gasteiger charge is 2.59. The van der Waals surface area contributed by atoms with E-state index in [4.69, 9.17) is 18.4 Å². The Hall–Kier alpha value is -4.25. The molecule has 0 radical (unpaired) electrons. The number of rotatable bonds is 14. The van der Waals surface area contributed by atoms with Crippen LogP contribution in [0, 0.1) is 11.8 Å². The van der Waals surface area contributed by atoms with Gasteiger partial charge in [-0.1, -0.05) is 19.9 Å². The molecule has 1 aromatic heterocycles. The SMILES string of the molecule is C=C(NS(=O)(=O)OC1CC1)[C@@]1(NC(=O)[C@@H]2C[C@@H](Oc3nccc4cc(OC)ccc34)CN2C(=O)[C@H](NC(=O)OC(C)(C)C)C2CCC(F)(F)CC2)C[C@H]1CC. The summed E-state index contributed by atoms with van der Waals surface area (Å²) in [6, 6.07) is 4.71. The minimum atomic E-state index is -4.20. The maximum atomic E-state index is 14.7. The van der Waals surface area contributed by atoms with E-state index in [1.165, 1.54) is 4.90 Å². The van der Waals surface area contributed by atoms with Crippen LogP contribution in [0.1, 0.15) is 85.5 Å². The van der Waals surface area contributed by atoms with Crippen LogP contribution < -0.4 is 24.8 Å². The number of amides is 3. The van der Waals surface area contributed by atoms with Crippen LogP contribution in [-0.4, -0.2) is 91.2 Å². The number of hydrogen-bond acceptors (Lipinski definition) is 10. The Kier molecular flexibility index (Phi) is 11.3. The van der Waals surface area contributed by atoms with Crippen LogP contribution in [0.2, 0.25) is 0 Å². The van der Waals surface area contributed by atoms with E-state index < -0.39 is 88.3 Å². The number of nitrogens with one attached hydrogen (secondary N) is 3. The lowest BCUT2D eigenvalue weighted by molar-refractivity contribution is -0.142. The third-order valence-electron chi connectivity index (χ3n) is 10.8. The Morgan fingerprint density at radius 1 is 1.09 bits per heavy atom. The number of likely N-dealkylation sites (tertiary alicyclic amines) is 1. The smallest absolute Gasteiger partial charge is 0.408 e. The number of ether oxygens (including phenoxy) is 3. The van der Waals surface area contributed by atoms with Gasteiger partial charge >= 0.3 is 16.4 Å². The molecule has 3 aliphatic carbocycles. The van der Waals surface area contributed by atoms with Crippen molar-refractivity contribution in [2.24, 2.45) is 11.8 Å². The maximum Gasteiger partial charge on any atom is 0.408 e. The predicted molar refractivity (Wildman–Crippen MR) is 197 cm³/mol. The molecule has 0 spiro atoms. The van der Waals surface area contributed by atoms with Crippen molar-refractivity contribution in [1.82, 2.24) is 25.2 Å². The van der Waals surface area contributed by atoms with E-state index in [1.54, 1.807) is 52.3 Å². The van der Waals surface area contributed by atoms with Gasteiger partial charge in [-0.05, 0) is 94.4 Å². The molecule has 17 heteroatoms. The standard InChI is InChI=1S/C38H51F2N5O9S/c1-7-25-20-38(25,22(2)44-55(49,50)54-26-8-9-26)43-32(46)30-19-28(52-33-29-11-10-27(51-6)18-24(29)14-17-41-33)21-45(30)34(47)31(42-35(48)53-36(3,4)5)23-12-15-37(39,40)16-13-23/h10-11,14,17-18,23,25-26,28,30-31,44H,2,7-9,12-13,15-16,19-21H2,1,3-6H3,(H,42,48)(H,43,46)/t25-,28-,30+,31-,38+/m1/s1. The molecule has 6 rings (SSSR count). The molecule has 4 fully saturated rings. The highest BCUT2D eigenvalue weighted by molar-refractivity contribution is 7.84. The van der Waals surface area contributed by atoms with E-state index in [-0.39, 0.29) is 43.3 Å². The summed E-state index contributed by atoms with van der Waals surface area (Å²) in [7, 11) is -2.64. The molecular weight excluding hydrogens is 741 g/mol. The maximum absolute atomic E-state index is 14.7. The molecule has 302 valence electrons. The van der Waals surface area contributed by atoms with Gasteiger partial charge in [-0.2, -0.15) is 8.42 Å². The molecule has 3 N–H and O–H groups in total. The number of benzene rings is 1. The Morgan fingerprint density at radius 3 is 2.42 bits per heavy atom. The quantitative estimate of drug-likeness (QED) is 0.233. The summed E-state index contributed by atoms with van der Waals surface area (Å²) >= 11 is 0. The first-order valence-corrected chi connectivity index (χ1v) is 20.2. The van der Waals surface area contributed by atoms with E-state index in [1.807, 2.05) is 13.0 Å². The largest absolute Gasteiger partial charge is 0.497 e. The van der Waals surface area contributed by atoms with E-state index in [0.717, 1.165) is 5.39 Å². The number of aromatic nitrogens is 1. The monoisotopic (exact) mass is 791 g/mol. The summed E-state index contributed by atoms with van der Waals surface area (Å²) in [5.74, 6) is -4.09. The second-order valence-electron chi connectivity index (χ2n) is 16.1. The summed E-state index contributed by atoms with van der Waals surface area (Å²) in [5, 5.41) is 7.11. The van der Waals surface area contributed by atoms with E-state index >= 15 is 0 Å². The number of methoxy groups -OCH3 is 1. The average molecular weight is 792 g/mol. The first-order valence-electron chi connectivity index (χ1n) is 18.8. The lowest BCUT2D eigenvalue weighted by atomic mass is 9.81. The first kappa shape index (κ1) is 40.4. The van der Waals surface area contributed by atoms with Gasteiger partial charge in [0, 0.05) is 36.5 Å². The summed E-state index contributed by atoms with van der Waals surface area (Å²) in [5.41, 5.74) is -2.03. The van der Waals surface area contributed by atoms with Crippen molar-refractivity contribution in [3.05, 3.63) is 42.7 Å². The van der Waals surface area contributed by atoms with Crippen molar-refractivity contribution in [3.63, 3.8) is 0 Å². The Bertz CT molecular complexity index is 1910. The number of carbonyl (C=O) groups excluding carboxylic acids is 3.